The van der Waals surface area contributed by atoms with Crippen LogP contribution < -0.4 is 9.47 Å². The van der Waals surface area contributed by atoms with E-state index in [1.807, 2.05) is 55.6 Å². The van der Waals surface area contributed by atoms with Crippen LogP contribution in [0.2, 0.25) is 0 Å². The molecule has 0 aromatic heterocycles. The zero-order chi connectivity index (χ0) is 18.2. The van der Waals surface area contributed by atoms with E-state index in [9.17, 15) is 4.79 Å². The molecule has 0 aliphatic heterocycles. The van der Waals surface area contributed by atoms with Crippen LogP contribution >= 0.6 is 0 Å². The van der Waals surface area contributed by atoms with Crippen molar-refractivity contribution in [3.8, 4) is 11.5 Å². The molecule has 0 N–H and O–H groups in total. The van der Waals surface area contributed by atoms with Crippen molar-refractivity contribution in [1.82, 2.24) is 4.90 Å². The molecule has 0 heterocycles. The first-order valence-electron chi connectivity index (χ1n) is 8.61. The minimum absolute atomic E-state index is 0.111. The highest BCUT2D eigenvalue weighted by Crippen LogP contribution is 2.28. The molecule has 1 unspecified atom stereocenters. The zero-order valence-electron chi connectivity index (χ0n) is 15.5. The molecule has 0 radical (unpaired) electrons. The van der Waals surface area contributed by atoms with Gasteiger partial charge in [0.1, 0.15) is 11.5 Å². The predicted molar refractivity (Wildman–Crippen MR) is 100 cm³/mol. The molecule has 4 heteroatoms. The van der Waals surface area contributed by atoms with E-state index < -0.39 is 0 Å². The summed E-state index contributed by atoms with van der Waals surface area (Å²) in [7, 11) is 5.10. The van der Waals surface area contributed by atoms with Gasteiger partial charge in [-0.25, -0.2) is 0 Å². The lowest BCUT2D eigenvalue weighted by molar-refractivity contribution is -0.132. The van der Waals surface area contributed by atoms with Crippen LogP contribution in [-0.2, 0) is 11.3 Å². The Morgan fingerprint density at radius 2 is 1.80 bits per heavy atom. The van der Waals surface area contributed by atoms with E-state index in [2.05, 4.69) is 6.92 Å². The van der Waals surface area contributed by atoms with Gasteiger partial charge < -0.3 is 14.4 Å². The fraction of sp³-hybridized carbons (Fsp3) is 0.381. The fourth-order valence-corrected chi connectivity index (χ4v) is 2.99. The topological polar surface area (TPSA) is 38.8 Å². The SMILES string of the molecule is CCCC(C(=O)N(C)Cc1ccc(OC)cc1OC)c1ccccc1. The van der Waals surface area contributed by atoms with Crippen LogP contribution in [0.4, 0.5) is 0 Å². The van der Waals surface area contributed by atoms with Gasteiger partial charge in [0.05, 0.1) is 20.1 Å². The van der Waals surface area contributed by atoms with Crippen LogP contribution in [0.15, 0.2) is 48.5 Å². The molecule has 25 heavy (non-hydrogen) atoms. The van der Waals surface area contributed by atoms with Crippen molar-refractivity contribution in [3.05, 3.63) is 59.7 Å². The standard InChI is InChI=1S/C21H27NO3/c1-5-9-19(16-10-7-6-8-11-16)21(23)22(2)15-17-12-13-18(24-3)14-20(17)25-4/h6-8,10-14,19H,5,9,15H2,1-4H3. The Labute approximate surface area is 150 Å². The van der Waals surface area contributed by atoms with Crippen LogP contribution in [-0.4, -0.2) is 32.1 Å². The quantitative estimate of drug-likeness (QED) is 0.721. The fourth-order valence-electron chi connectivity index (χ4n) is 2.99. The maximum absolute atomic E-state index is 13.0. The Morgan fingerprint density at radius 3 is 2.40 bits per heavy atom. The number of hydrogen-bond donors (Lipinski definition) is 0. The van der Waals surface area contributed by atoms with Crippen LogP contribution in [0.3, 0.4) is 0 Å². The number of amides is 1. The molecule has 0 aliphatic carbocycles. The van der Waals surface area contributed by atoms with Gasteiger partial charge in [0.25, 0.3) is 0 Å². The van der Waals surface area contributed by atoms with E-state index in [1.54, 1.807) is 19.1 Å². The molecule has 0 spiro atoms. The van der Waals surface area contributed by atoms with Gasteiger partial charge in [-0.05, 0) is 24.1 Å². The van der Waals surface area contributed by atoms with Gasteiger partial charge in [0.2, 0.25) is 5.91 Å². The Balaban J connectivity index is 2.18. The van der Waals surface area contributed by atoms with Crippen molar-refractivity contribution in [1.29, 1.82) is 0 Å². The molecule has 0 fully saturated rings. The summed E-state index contributed by atoms with van der Waals surface area (Å²) in [5.74, 6) is 1.49. The number of likely N-dealkylation sites (N-methyl/N-ethyl adjacent to an activating group) is 1. The molecule has 0 bridgehead atoms. The maximum Gasteiger partial charge on any atom is 0.230 e. The van der Waals surface area contributed by atoms with Gasteiger partial charge in [-0.3, -0.25) is 4.79 Å². The summed E-state index contributed by atoms with van der Waals surface area (Å²) in [6.45, 7) is 2.61. The van der Waals surface area contributed by atoms with Gasteiger partial charge in [0.15, 0.2) is 0 Å². The van der Waals surface area contributed by atoms with Gasteiger partial charge in [-0.15, -0.1) is 0 Å². The maximum atomic E-state index is 13.0. The molecule has 1 amide bonds. The van der Waals surface area contributed by atoms with Gasteiger partial charge >= 0.3 is 0 Å². The average Bonchev–Trinajstić information content (AvgIpc) is 2.66. The Kier molecular flexibility index (Phi) is 6.87. The summed E-state index contributed by atoms with van der Waals surface area (Å²) >= 11 is 0. The molecule has 2 aromatic rings. The summed E-state index contributed by atoms with van der Waals surface area (Å²) in [4.78, 5) is 14.8. The molecule has 2 aromatic carbocycles. The second kappa shape index (κ2) is 9.11. The summed E-state index contributed by atoms with van der Waals surface area (Å²) < 4.78 is 10.7. The Hall–Kier alpha value is -2.49. The minimum atomic E-state index is -0.111. The van der Waals surface area contributed by atoms with Gasteiger partial charge in [-0.2, -0.15) is 0 Å². The first-order chi connectivity index (χ1) is 12.1. The third-order valence-electron chi connectivity index (χ3n) is 4.36. The van der Waals surface area contributed by atoms with E-state index in [0.717, 1.165) is 35.5 Å². The summed E-state index contributed by atoms with van der Waals surface area (Å²) in [6.07, 6.45) is 1.80. The third kappa shape index (κ3) is 4.75. The number of carbonyl (C=O) groups is 1. The number of hydrogen-bond acceptors (Lipinski definition) is 3. The van der Waals surface area contributed by atoms with E-state index in [-0.39, 0.29) is 11.8 Å². The summed E-state index contributed by atoms with van der Waals surface area (Å²) in [6, 6.07) is 15.7. The number of carbonyl (C=O) groups excluding carboxylic acids is 1. The highest BCUT2D eigenvalue weighted by Gasteiger charge is 2.23. The normalized spacial score (nSPS) is 11.7. The van der Waals surface area contributed by atoms with Crippen LogP contribution in [0.1, 0.15) is 36.8 Å². The number of methoxy groups -OCH3 is 2. The summed E-state index contributed by atoms with van der Waals surface area (Å²) in [5, 5.41) is 0. The molecular formula is C21H27NO3. The Morgan fingerprint density at radius 1 is 1.08 bits per heavy atom. The second-order valence-electron chi connectivity index (χ2n) is 6.12. The van der Waals surface area contributed by atoms with Crippen molar-refractivity contribution in [2.24, 2.45) is 0 Å². The average molecular weight is 341 g/mol. The lowest BCUT2D eigenvalue weighted by Gasteiger charge is -2.25. The molecule has 134 valence electrons. The molecule has 0 aliphatic rings. The van der Waals surface area contributed by atoms with Crippen LogP contribution in [0, 0.1) is 0 Å². The molecule has 0 saturated heterocycles. The Bertz CT molecular complexity index is 685. The van der Waals surface area contributed by atoms with Gasteiger partial charge in [0, 0.05) is 25.2 Å². The van der Waals surface area contributed by atoms with E-state index in [0.29, 0.717) is 6.54 Å². The van der Waals surface area contributed by atoms with Crippen molar-refractivity contribution in [3.63, 3.8) is 0 Å². The molecule has 1 atom stereocenters. The van der Waals surface area contributed by atoms with Crippen molar-refractivity contribution >= 4 is 5.91 Å². The van der Waals surface area contributed by atoms with E-state index in [1.165, 1.54) is 0 Å². The lowest BCUT2D eigenvalue weighted by Crippen LogP contribution is -2.31. The van der Waals surface area contributed by atoms with E-state index in [4.69, 9.17) is 9.47 Å². The molecule has 2 rings (SSSR count). The van der Waals surface area contributed by atoms with Crippen LogP contribution in [0.25, 0.3) is 0 Å². The number of ether oxygens (including phenoxy) is 2. The monoisotopic (exact) mass is 341 g/mol. The number of nitrogens with zero attached hydrogens (tertiary/aromatic N) is 1. The first-order valence-corrected chi connectivity index (χ1v) is 8.61. The molecular weight excluding hydrogens is 314 g/mol. The highest BCUT2D eigenvalue weighted by atomic mass is 16.5. The lowest BCUT2D eigenvalue weighted by atomic mass is 9.93. The zero-order valence-corrected chi connectivity index (χ0v) is 15.5. The molecule has 0 saturated carbocycles. The third-order valence-corrected chi connectivity index (χ3v) is 4.36. The molecule has 4 nitrogen and oxygen atoms in total. The van der Waals surface area contributed by atoms with Crippen molar-refractivity contribution < 1.29 is 14.3 Å². The van der Waals surface area contributed by atoms with E-state index >= 15 is 0 Å². The first kappa shape index (κ1) is 18.8. The number of rotatable bonds is 8. The smallest absolute Gasteiger partial charge is 0.230 e. The second-order valence-corrected chi connectivity index (χ2v) is 6.12. The minimum Gasteiger partial charge on any atom is -0.497 e. The highest BCUT2D eigenvalue weighted by molar-refractivity contribution is 5.83. The van der Waals surface area contributed by atoms with Crippen LogP contribution in [0.5, 0.6) is 11.5 Å². The predicted octanol–water partition coefficient (Wildman–Crippen LogP) is 4.25. The van der Waals surface area contributed by atoms with Crippen molar-refractivity contribution in [2.75, 3.05) is 21.3 Å². The number of benzene rings is 2. The van der Waals surface area contributed by atoms with Gasteiger partial charge in [-0.1, -0.05) is 43.7 Å². The summed E-state index contributed by atoms with van der Waals surface area (Å²) in [5.41, 5.74) is 2.03. The largest absolute Gasteiger partial charge is 0.497 e. The van der Waals surface area contributed by atoms with Crippen molar-refractivity contribution in [2.45, 2.75) is 32.2 Å².